The van der Waals surface area contributed by atoms with Crippen molar-refractivity contribution in [3.05, 3.63) is 59.2 Å². The maximum Gasteiger partial charge on any atom is 0.207 e. The van der Waals surface area contributed by atoms with E-state index in [4.69, 9.17) is 0 Å². The van der Waals surface area contributed by atoms with Crippen LogP contribution in [0.5, 0.6) is 0 Å². The SMILES string of the molecule is CC1=CC2(C)C=C(C)C3(C1=O)C(=O)C(c1ccccc1)=NC3=N2. The van der Waals surface area contributed by atoms with Gasteiger partial charge in [-0.2, -0.15) is 0 Å². The number of aliphatic imine (C=N–C) groups is 2. The summed E-state index contributed by atoms with van der Waals surface area (Å²) in [5, 5.41) is 0. The van der Waals surface area contributed by atoms with Gasteiger partial charge in [0.25, 0.3) is 0 Å². The zero-order valence-corrected chi connectivity index (χ0v) is 13.3. The Labute approximate surface area is 134 Å². The van der Waals surface area contributed by atoms with Gasteiger partial charge in [0.15, 0.2) is 17.0 Å². The number of Topliss-reactive ketones (excluding diaryl/α,β-unsaturated/α-hetero) is 2. The van der Waals surface area contributed by atoms with E-state index in [9.17, 15) is 9.59 Å². The van der Waals surface area contributed by atoms with E-state index >= 15 is 0 Å². The first-order chi connectivity index (χ1) is 10.9. The molecule has 2 atom stereocenters. The van der Waals surface area contributed by atoms with Crippen LogP contribution in [-0.4, -0.2) is 28.7 Å². The van der Waals surface area contributed by atoms with Gasteiger partial charge in [-0.25, -0.2) is 4.99 Å². The van der Waals surface area contributed by atoms with Crippen LogP contribution in [0.1, 0.15) is 26.3 Å². The number of nitrogens with zero attached hydrogens (tertiary/aromatic N) is 2. The first-order valence-corrected chi connectivity index (χ1v) is 7.62. The minimum Gasteiger partial charge on any atom is -0.293 e. The highest BCUT2D eigenvalue weighted by Crippen LogP contribution is 2.47. The molecule has 2 bridgehead atoms. The molecule has 114 valence electrons. The number of amidine groups is 1. The van der Waals surface area contributed by atoms with E-state index < -0.39 is 11.0 Å². The average molecular weight is 304 g/mol. The van der Waals surface area contributed by atoms with Gasteiger partial charge in [0.2, 0.25) is 5.78 Å². The predicted molar refractivity (Wildman–Crippen MR) is 88.8 cm³/mol. The third-order valence-electron chi connectivity index (χ3n) is 4.81. The second-order valence-electron chi connectivity index (χ2n) is 6.55. The fraction of sp³-hybridized carbons (Fsp3) is 0.263. The number of carbonyl (C=O) groups is 2. The standard InChI is InChI=1S/C19H16N2O2/c1-11-9-18(3)10-12(2)19(15(11)22)16(23)14(20-17(19)21-18)13-7-5-4-6-8-13/h4-10H,1-3H3. The molecular weight excluding hydrogens is 288 g/mol. The van der Waals surface area contributed by atoms with E-state index in [0.717, 1.165) is 11.1 Å². The van der Waals surface area contributed by atoms with Gasteiger partial charge in [0.05, 0.1) is 5.54 Å². The van der Waals surface area contributed by atoms with Crippen molar-refractivity contribution in [2.24, 2.45) is 15.4 Å². The molecule has 5 rings (SSSR count). The Morgan fingerprint density at radius 2 is 1.65 bits per heavy atom. The van der Waals surface area contributed by atoms with Crippen LogP contribution < -0.4 is 0 Å². The summed E-state index contributed by atoms with van der Waals surface area (Å²) in [5.41, 5.74) is 0.361. The molecule has 1 spiro atoms. The molecular formula is C19H16N2O2. The lowest BCUT2D eigenvalue weighted by atomic mass is 9.70. The van der Waals surface area contributed by atoms with Crippen molar-refractivity contribution >= 4 is 23.1 Å². The second kappa shape index (κ2) is 4.22. The molecule has 0 aromatic heterocycles. The van der Waals surface area contributed by atoms with Crippen LogP contribution in [0.3, 0.4) is 0 Å². The maximum absolute atomic E-state index is 13.2. The van der Waals surface area contributed by atoms with Crippen LogP contribution in [0.4, 0.5) is 0 Å². The molecule has 3 aliphatic heterocycles. The molecule has 3 heterocycles. The summed E-state index contributed by atoms with van der Waals surface area (Å²) in [7, 11) is 0. The van der Waals surface area contributed by atoms with Gasteiger partial charge in [-0.1, -0.05) is 36.4 Å². The van der Waals surface area contributed by atoms with Gasteiger partial charge < -0.3 is 0 Å². The highest BCUT2D eigenvalue weighted by molar-refractivity contribution is 6.62. The first kappa shape index (κ1) is 14.0. The third kappa shape index (κ3) is 1.61. The molecule has 1 aliphatic carbocycles. The Hall–Kier alpha value is -2.62. The summed E-state index contributed by atoms with van der Waals surface area (Å²) in [5.74, 6) is -0.134. The van der Waals surface area contributed by atoms with Crippen LogP contribution >= 0.6 is 0 Å². The third-order valence-corrected chi connectivity index (χ3v) is 4.81. The summed E-state index contributed by atoms with van der Waals surface area (Å²) in [6.07, 6.45) is 3.73. The van der Waals surface area contributed by atoms with E-state index in [-0.39, 0.29) is 11.6 Å². The molecule has 0 saturated heterocycles. The van der Waals surface area contributed by atoms with Crippen LogP contribution in [0, 0.1) is 5.41 Å². The highest BCUT2D eigenvalue weighted by atomic mass is 16.2. The molecule has 0 N–H and O–H groups in total. The Morgan fingerprint density at radius 3 is 2.35 bits per heavy atom. The van der Waals surface area contributed by atoms with Crippen molar-refractivity contribution in [1.29, 1.82) is 0 Å². The number of rotatable bonds is 1. The van der Waals surface area contributed by atoms with Gasteiger partial charge in [-0.3, -0.25) is 14.6 Å². The maximum atomic E-state index is 13.2. The van der Waals surface area contributed by atoms with Crippen molar-refractivity contribution < 1.29 is 9.59 Å². The molecule has 0 saturated carbocycles. The van der Waals surface area contributed by atoms with Crippen molar-refractivity contribution in [2.75, 3.05) is 0 Å². The molecule has 4 aliphatic rings. The van der Waals surface area contributed by atoms with E-state index in [1.54, 1.807) is 6.92 Å². The molecule has 1 aromatic carbocycles. The minimum atomic E-state index is -1.36. The number of carbonyl (C=O) groups excluding carboxylic acids is 2. The average Bonchev–Trinajstić information content (AvgIpc) is 2.73. The van der Waals surface area contributed by atoms with Crippen LogP contribution in [0.2, 0.25) is 0 Å². The lowest BCUT2D eigenvalue weighted by molar-refractivity contribution is -0.128. The molecule has 4 nitrogen and oxygen atoms in total. The van der Waals surface area contributed by atoms with Gasteiger partial charge in [-0.05, 0) is 38.0 Å². The van der Waals surface area contributed by atoms with Crippen LogP contribution in [0.25, 0.3) is 0 Å². The summed E-state index contributed by atoms with van der Waals surface area (Å²) < 4.78 is 0. The predicted octanol–water partition coefficient (Wildman–Crippen LogP) is 2.69. The Kier molecular flexibility index (Phi) is 2.57. The largest absolute Gasteiger partial charge is 0.293 e. The van der Waals surface area contributed by atoms with Gasteiger partial charge in [0.1, 0.15) is 5.71 Å². The van der Waals surface area contributed by atoms with Crippen LogP contribution in [-0.2, 0) is 9.59 Å². The van der Waals surface area contributed by atoms with E-state index in [0.29, 0.717) is 17.1 Å². The van der Waals surface area contributed by atoms with Crippen molar-refractivity contribution in [3.8, 4) is 0 Å². The molecule has 23 heavy (non-hydrogen) atoms. The minimum absolute atomic E-state index is 0.203. The number of dihydropyridines is 1. The summed E-state index contributed by atoms with van der Waals surface area (Å²) >= 11 is 0. The number of fused-ring (bicyclic) bond motifs is 1. The quantitative estimate of drug-likeness (QED) is 0.591. The van der Waals surface area contributed by atoms with Crippen molar-refractivity contribution in [2.45, 2.75) is 26.3 Å². The van der Waals surface area contributed by atoms with E-state index in [2.05, 4.69) is 9.98 Å². The summed E-state index contributed by atoms with van der Waals surface area (Å²) in [4.78, 5) is 35.4. The van der Waals surface area contributed by atoms with Crippen molar-refractivity contribution in [3.63, 3.8) is 0 Å². The molecule has 0 radical (unpaired) electrons. The molecule has 1 aromatic rings. The fourth-order valence-corrected chi connectivity index (χ4v) is 3.84. The number of ketones is 2. The Balaban J connectivity index is 2.00. The van der Waals surface area contributed by atoms with Gasteiger partial charge in [0, 0.05) is 5.56 Å². The normalized spacial score (nSPS) is 32.0. The lowest BCUT2D eigenvalue weighted by Gasteiger charge is -2.31. The Morgan fingerprint density at radius 1 is 0.957 bits per heavy atom. The monoisotopic (exact) mass is 304 g/mol. The smallest absolute Gasteiger partial charge is 0.207 e. The Bertz CT molecular complexity index is 889. The molecule has 2 unspecified atom stereocenters. The second-order valence-corrected chi connectivity index (χ2v) is 6.55. The number of hydrogen-bond donors (Lipinski definition) is 0. The highest BCUT2D eigenvalue weighted by Gasteiger charge is 2.61. The number of benzene rings is 1. The van der Waals surface area contributed by atoms with Gasteiger partial charge in [-0.15, -0.1) is 0 Å². The zero-order chi connectivity index (χ0) is 16.4. The van der Waals surface area contributed by atoms with Gasteiger partial charge >= 0.3 is 0 Å². The number of allylic oxidation sites excluding steroid dienone is 1. The molecule has 0 amide bonds. The lowest BCUT2D eigenvalue weighted by Crippen LogP contribution is -2.47. The topological polar surface area (TPSA) is 58.9 Å². The van der Waals surface area contributed by atoms with Crippen molar-refractivity contribution in [1.82, 2.24) is 0 Å². The number of hydrogen-bond acceptors (Lipinski definition) is 4. The summed E-state index contributed by atoms with van der Waals surface area (Å²) in [6, 6.07) is 9.26. The van der Waals surface area contributed by atoms with E-state index in [1.165, 1.54) is 0 Å². The summed E-state index contributed by atoms with van der Waals surface area (Å²) in [6.45, 7) is 5.51. The van der Waals surface area contributed by atoms with Crippen LogP contribution in [0.15, 0.2) is 63.6 Å². The zero-order valence-electron chi connectivity index (χ0n) is 13.3. The fourth-order valence-electron chi connectivity index (χ4n) is 3.84. The molecule has 0 fully saturated rings. The van der Waals surface area contributed by atoms with E-state index in [1.807, 2.05) is 56.3 Å². The first-order valence-electron chi connectivity index (χ1n) is 7.62. The molecule has 4 heteroatoms.